The van der Waals surface area contributed by atoms with Crippen molar-refractivity contribution < 1.29 is 40.6 Å². The van der Waals surface area contributed by atoms with E-state index in [-0.39, 0.29) is 0 Å². The second-order valence-corrected chi connectivity index (χ2v) is 6.96. The lowest BCUT2D eigenvalue weighted by atomic mass is 10.1. The summed E-state index contributed by atoms with van der Waals surface area (Å²) in [7, 11) is -1.71. The zero-order chi connectivity index (χ0) is 16.2. The molecular weight excluding hydrogens is 373 g/mol. The van der Waals surface area contributed by atoms with Crippen LogP contribution in [0.5, 0.6) is 0 Å². The zero-order valence-electron chi connectivity index (χ0n) is 11.4. The van der Waals surface area contributed by atoms with Gasteiger partial charge in [-0.25, -0.2) is 0 Å². The van der Waals surface area contributed by atoms with E-state index in [4.69, 9.17) is 12.6 Å². The monoisotopic (exact) mass is 386 g/mol. The molecule has 0 bridgehead atoms. The lowest BCUT2D eigenvalue weighted by Crippen LogP contribution is -2.42. The summed E-state index contributed by atoms with van der Waals surface area (Å²) in [5.41, 5.74) is -3.07. The Hall–Kier alpha value is -0.670. The predicted octanol–water partition coefficient (Wildman–Crippen LogP) is 1.62. The number of thiophene rings is 1. The van der Waals surface area contributed by atoms with Crippen molar-refractivity contribution in [1.82, 2.24) is 0 Å². The van der Waals surface area contributed by atoms with Crippen LogP contribution in [-0.2, 0) is 18.3 Å². The maximum atomic E-state index is 13.0. The molecule has 0 radical (unpaired) electrons. The fraction of sp³-hybridized carbons (Fsp3) is 0.385. The summed E-state index contributed by atoms with van der Waals surface area (Å²) in [6.07, 6.45) is 1.31. The first-order valence-electron chi connectivity index (χ1n) is 6.08. The molecule has 3 nitrogen and oxygen atoms in total. The molecule has 0 saturated carbocycles. The van der Waals surface area contributed by atoms with Crippen molar-refractivity contribution in [3.05, 3.63) is 34.7 Å². The Balaban J connectivity index is 0.000000491. The number of hydrogen-bond acceptors (Lipinski definition) is 3. The molecule has 0 saturated heterocycles. The molecule has 2 aromatic rings. The molecule has 21 heavy (non-hydrogen) atoms. The Labute approximate surface area is 128 Å². The van der Waals surface area contributed by atoms with E-state index in [0.29, 0.717) is 16.0 Å². The molecule has 0 aliphatic rings. The number of fused-ring (bicyclic) bond motifs is 1. The highest BCUT2D eigenvalue weighted by Crippen LogP contribution is 2.51. The average Bonchev–Trinajstić information content (AvgIpc) is 2.74. The van der Waals surface area contributed by atoms with Crippen LogP contribution in [-0.4, -0.2) is 0 Å². The molecule has 0 aliphatic carbocycles. The molecule has 0 spiro atoms. The highest BCUT2D eigenvalue weighted by atomic mass is 80.0. The van der Waals surface area contributed by atoms with Gasteiger partial charge in [0.2, 0.25) is 14.8 Å². The van der Waals surface area contributed by atoms with Gasteiger partial charge in [0, 0.05) is 17.9 Å². The Kier molecular flexibility index (Phi) is 6.61. The Morgan fingerprint density at radius 3 is 2.05 bits per heavy atom. The first-order chi connectivity index (χ1) is 9.70. The number of aryl methyl sites for hydroxylation is 2. The Morgan fingerprint density at radius 2 is 1.62 bits per heavy atom. The number of hydrogen-bond donors (Lipinski definition) is 0. The summed E-state index contributed by atoms with van der Waals surface area (Å²) in [5.74, 6) is 0. The summed E-state index contributed by atoms with van der Waals surface area (Å²) in [6, 6.07) is 7.04. The van der Waals surface area contributed by atoms with Gasteiger partial charge in [-0.15, -0.1) is 13.2 Å². The van der Waals surface area contributed by atoms with Crippen LogP contribution in [0, 0.1) is 14.8 Å². The van der Waals surface area contributed by atoms with Crippen molar-refractivity contribution in [1.29, 1.82) is 0 Å². The van der Waals surface area contributed by atoms with E-state index in [9.17, 15) is 13.2 Å². The standard InChI is InChI=1S/C13H14F3S.BrO3/c1-3-9-5-6-12-10(7-9)8-11(4-2)17(12)13(14,15)16;2-1(3)4/h5-8H,3-4H2,1-2H3;/q+1;-1. The van der Waals surface area contributed by atoms with Crippen molar-refractivity contribution in [2.24, 2.45) is 0 Å². The summed E-state index contributed by atoms with van der Waals surface area (Å²) in [6.45, 7) is 3.79. The molecule has 0 fully saturated rings. The lowest BCUT2D eigenvalue weighted by Gasteiger charge is -1.99. The van der Waals surface area contributed by atoms with Crippen LogP contribution < -0.4 is 12.6 Å². The van der Waals surface area contributed by atoms with Gasteiger partial charge in [-0.2, -0.15) is 0 Å². The third-order valence-electron chi connectivity index (χ3n) is 2.86. The molecule has 0 amide bonds. The molecule has 2 rings (SSSR count). The molecule has 1 aromatic carbocycles. The van der Waals surface area contributed by atoms with Crippen molar-refractivity contribution in [3.63, 3.8) is 0 Å². The van der Waals surface area contributed by atoms with Crippen molar-refractivity contribution in [2.45, 2.75) is 32.2 Å². The number of rotatable bonds is 2. The molecule has 0 aliphatic heterocycles. The third kappa shape index (κ3) is 4.93. The maximum Gasteiger partial charge on any atom is 0.600 e. The highest BCUT2D eigenvalue weighted by Gasteiger charge is 2.47. The fourth-order valence-electron chi connectivity index (χ4n) is 2.01. The molecular formula is C13H14BrF3O3S. The number of alkyl halides is 3. The van der Waals surface area contributed by atoms with Gasteiger partial charge >= 0.3 is 5.51 Å². The van der Waals surface area contributed by atoms with Gasteiger partial charge < -0.3 is 12.6 Å². The number of halogens is 4. The summed E-state index contributed by atoms with van der Waals surface area (Å²) >= 11 is -3.65. The van der Waals surface area contributed by atoms with E-state index in [1.54, 1.807) is 25.1 Å². The minimum atomic E-state index is -4.15. The van der Waals surface area contributed by atoms with Crippen LogP contribution >= 0.6 is 10.5 Å². The molecule has 1 aromatic heterocycles. The van der Waals surface area contributed by atoms with Crippen molar-refractivity contribution in [3.8, 4) is 0 Å². The van der Waals surface area contributed by atoms with E-state index >= 15 is 0 Å². The average molecular weight is 387 g/mol. The molecule has 1 atom stereocenters. The molecule has 8 heteroatoms. The van der Waals surface area contributed by atoms with Gasteiger partial charge in [-0.3, -0.25) is 0 Å². The van der Waals surface area contributed by atoms with Gasteiger partial charge in [-0.1, -0.05) is 19.9 Å². The molecule has 118 valence electrons. The van der Waals surface area contributed by atoms with Gasteiger partial charge in [0.25, 0.3) is 0 Å². The first kappa shape index (κ1) is 18.4. The van der Waals surface area contributed by atoms with Crippen molar-refractivity contribution >= 4 is 20.6 Å². The summed E-state index contributed by atoms with van der Waals surface area (Å²) in [4.78, 5) is 0.501. The topological polar surface area (TPSA) is 69.2 Å². The second-order valence-electron chi connectivity index (χ2n) is 4.13. The predicted molar refractivity (Wildman–Crippen MR) is 66.5 cm³/mol. The summed E-state index contributed by atoms with van der Waals surface area (Å²) < 4.78 is 65.1. The SMILES string of the molecule is CCc1ccc2c(c1)cc(CC)[s+]2C(F)(F)F.[O-][Br+2]([O-])[O-]. The molecule has 1 heterocycles. The van der Waals surface area contributed by atoms with Crippen LogP contribution in [0.3, 0.4) is 0 Å². The van der Waals surface area contributed by atoms with E-state index in [1.165, 1.54) is 0 Å². The van der Waals surface area contributed by atoms with E-state index < -0.39 is 30.8 Å². The van der Waals surface area contributed by atoms with Gasteiger partial charge in [0.1, 0.15) is 0 Å². The van der Waals surface area contributed by atoms with Gasteiger partial charge in [0.15, 0.2) is 9.58 Å². The van der Waals surface area contributed by atoms with Gasteiger partial charge in [0.05, 0.1) is 10.5 Å². The fourth-order valence-corrected chi connectivity index (χ4v) is 3.93. The minimum absolute atomic E-state index is 0.437. The quantitative estimate of drug-likeness (QED) is 0.736. The zero-order valence-corrected chi connectivity index (χ0v) is 13.8. The third-order valence-corrected chi connectivity index (χ3v) is 5.07. The normalized spacial score (nSPS) is 12.5. The van der Waals surface area contributed by atoms with Crippen LogP contribution in [0.1, 0.15) is 24.3 Å². The largest absolute Gasteiger partial charge is 0.600 e. The lowest BCUT2D eigenvalue weighted by molar-refractivity contribution is -1.73. The van der Waals surface area contributed by atoms with Crippen LogP contribution in [0.15, 0.2) is 24.3 Å². The van der Waals surface area contributed by atoms with E-state index in [0.717, 1.165) is 17.4 Å². The highest BCUT2D eigenvalue weighted by molar-refractivity contribution is 7.38. The van der Waals surface area contributed by atoms with E-state index in [2.05, 4.69) is 0 Å². The Morgan fingerprint density at radius 1 is 1.05 bits per heavy atom. The molecule has 1 unspecified atom stereocenters. The smallest absolute Gasteiger partial charge is 0.405 e. The Bertz CT molecular complexity index is 593. The van der Waals surface area contributed by atoms with Crippen LogP contribution in [0.25, 0.3) is 10.1 Å². The number of benzene rings is 1. The second kappa shape index (κ2) is 7.55. The van der Waals surface area contributed by atoms with Crippen LogP contribution in [0.4, 0.5) is 13.2 Å². The minimum Gasteiger partial charge on any atom is -0.405 e. The first-order valence-corrected chi connectivity index (χ1v) is 9.25. The van der Waals surface area contributed by atoms with Crippen LogP contribution in [0.2, 0.25) is 0 Å². The summed E-state index contributed by atoms with van der Waals surface area (Å²) in [5, 5.41) is 0.752. The van der Waals surface area contributed by atoms with E-state index in [1.807, 2.05) is 13.0 Å². The van der Waals surface area contributed by atoms with Crippen molar-refractivity contribution in [2.75, 3.05) is 0 Å². The van der Waals surface area contributed by atoms with Gasteiger partial charge in [-0.05, 0) is 24.1 Å². The maximum absolute atomic E-state index is 13.0. The molecule has 0 N–H and O–H groups in total.